The highest BCUT2D eigenvalue weighted by molar-refractivity contribution is 5.95. The van der Waals surface area contributed by atoms with Crippen LogP contribution in [0.15, 0.2) is 18.2 Å². The molecule has 0 heterocycles. The van der Waals surface area contributed by atoms with Gasteiger partial charge in [-0.3, -0.25) is 14.9 Å². The Labute approximate surface area is 111 Å². The van der Waals surface area contributed by atoms with Gasteiger partial charge >= 0.3 is 0 Å². The minimum atomic E-state index is -0.510. The molecule has 0 aromatic heterocycles. The van der Waals surface area contributed by atoms with Gasteiger partial charge in [0.1, 0.15) is 0 Å². The van der Waals surface area contributed by atoms with Crippen molar-refractivity contribution in [3.63, 3.8) is 0 Å². The van der Waals surface area contributed by atoms with Gasteiger partial charge < -0.3 is 10.4 Å². The van der Waals surface area contributed by atoms with E-state index in [-0.39, 0.29) is 23.8 Å². The van der Waals surface area contributed by atoms with Gasteiger partial charge in [0.25, 0.3) is 11.6 Å². The summed E-state index contributed by atoms with van der Waals surface area (Å²) in [5.74, 6) is -0.385. The molecule has 1 aromatic rings. The summed E-state index contributed by atoms with van der Waals surface area (Å²) in [6, 6.07) is 4.35. The molecular formula is C13H18N2O4. The van der Waals surface area contributed by atoms with Crippen LogP contribution in [0.4, 0.5) is 5.69 Å². The van der Waals surface area contributed by atoms with E-state index in [4.69, 9.17) is 5.11 Å². The van der Waals surface area contributed by atoms with Crippen LogP contribution in [0, 0.1) is 22.5 Å². The van der Waals surface area contributed by atoms with Crippen LogP contribution in [0.5, 0.6) is 0 Å². The molecule has 0 saturated heterocycles. The Morgan fingerprint density at radius 1 is 1.47 bits per heavy atom. The van der Waals surface area contributed by atoms with Gasteiger partial charge in [-0.25, -0.2) is 0 Å². The molecule has 1 amide bonds. The van der Waals surface area contributed by atoms with Crippen molar-refractivity contribution in [3.05, 3.63) is 39.4 Å². The van der Waals surface area contributed by atoms with Crippen molar-refractivity contribution in [1.82, 2.24) is 5.32 Å². The number of benzene rings is 1. The first kappa shape index (κ1) is 15.1. The lowest BCUT2D eigenvalue weighted by Crippen LogP contribution is -2.36. The van der Waals surface area contributed by atoms with E-state index in [0.717, 1.165) is 0 Å². The molecule has 1 rings (SSSR count). The van der Waals surface area contributed by atoms with Crippen LogP contribution in [-0.4, -0.2) is 29.1 Å². The lowest BCUT2D eigenvalue weighted by molar-refractivity contribution is -0.385. The number of amides is 1. The normalized spacial score (nSPS) is 11.2. The molecule has 6 heteroatoms. The molecule has 0 fully saturated rings. The molecular weight excluding hydrogens is 248 g/mol. The van der Waals surface area contributed by atoms with Crippen molar-refractivity contribution in [3.8, 4) is 0 Å². The lowest BCUT2D eigenvalue weighted by atomic mass is 9.95. The third kappa shape index (κ3) is 4.03. The Hall–Kier alpha value is -1.95. The van der Waals surface area contributed by atoms with Gasteiger partial charge in [-0.05, 0) is 13.0 Å². The molecule has 6 nitrogen and oxygen atoms in total. The van der Waals surface area contributed by atoms with E-state index in [1.807, 2.05) is 13.8 Å². The van der Waals surface area contributed by atoms with Crippen LogP contribution in [0.25, 0.3) is 0 Å². The number of rotatable bonds is 5. The van der Waals surface area contributed by atoms with E-state index in [1.54, 1.807) is 19.1 Å². The van der Waals surface area contributed by atoms with Gasteiger partial charge in [-0.15, -0.1) is 0 Å². The number of nitro benzene ring substituents is 1. The van der Waals surface area contributed by atoms with Crippen molar-refractivity contribution in [1.29, 1.82) is 0 Å². The Bertz CT molecular complexity index is 497. The summed E-state index contributed by atoms with van der Waals surface area (Å²) in [7, 11) is 0. The number of nitrogens with zero attached hydrogens (tertiary/aromatic N) is 1. The van der Waals surface area contributed by atoms with Crippen molar-refractivity contribution in [2.45, 2.75) is 20.8 Å². The molecule has 2 N–H and O–H groups in total. The molecule has 1 aromatic carbocycles. The molecule has 0 spiro atoms. The first-order chi connectivity index (χ1) is 8.76. The second kappa shape index (κ2) is 5.79. The van der Waals surface area contributed by atoms with Crippen molar-refractivity contribution < 1.29 is 14.8 Å². The first-order valence-corrected chi connectivity index (χ1v) is 5.91. The highest BCUT2D eigenvalue weighted by Gasteiger charge is 2.19. The largest absolute Gasteiger partial charge is 0.396 e. The molecule has 0 aliphatic carbocycles. The van der Waals surface area contributed by atoms with E-state index >= 15 is 0 Å². The Morgan fingerprint density at radius 3 is 2.63 bits per heavy atom. The predicted octanol–water partition coefficient (Wildman–Crippen LogP) is 1.65. The molecule has 0 saturated carbocycles. The third-order valence-electron chi connectivity index (χ3n) is 2.82. The maximum atomic E-state index is 11.9. The summed E-state index contributed by atoms with van der Waals surface area (Å²) < 4.78 is 0. The monoisotopic (exact) mass is 266 g/mol. The molecule has 0 aliphatic heterocycles. The topological polar surface area (TPSA) is 92.5 Å². The van der Waals surface area contributed by atoms with Gasteiger partial charge in [-0.1, -0.05) is 19.9 Å². The van der Waals surface area contributed by atoms with Crippen LogP contribution < -0.4 is 5.32 Å². The number of nitro groups is 1. The van der Waals surface area contributed by atoms with Gasteiger partial charge in [0.2, 0.25) is 0 Å². The van der Waals surface area contributed by atoms with Gasteiger partial charge in [0.15, 0.2) is 0 Å². The minimum Gasteiger partial charge on any atom is -0.396 e. The fourth-order valence-electron chi connectivity index (χ4n) is 1.42. The highest BCUT2D eigenvalue weighted by Crippen LogP contribution is 2.19. The maximum absolute atomic E-state index is 11.9. The zero-order chi connectivity index (χ0) is 14.6. The smallest absolute Gasteiger partial charge is 0.273 e. The third-order valence-corrected chi connectivity index (χ3v) is 2.82. The SMILES string of the molecule is Cc1ccc(C(=O)NCC(C)(C)CO)cc1[N+](=O)[O-]. The van der Waals surface area contributed by atoms with Gasteiger partial charge in [0, 0.05) is 35.8 Å². The average Bonchev–Trinajstić information content (AvgIpc) is 2.36. The molecule has 0 unspecified atom stereocenters. The second-order valence-electron chi connectivity index (χ2n) is 5.26. The van der Waals surface area contributed by atoms with Gasteiger partial charge in [-0.2, -0.15) is 0 Å². The van der Waals surface area contributed by atoms with Crippen LogP contribution in [-0.2, 0) is 0 Å². The second-order valence-corrected chi connectivity index (χ2v) is 5.26. The molecule has 0 radical (unpaired) electrons. The van der Waals surface area contributed by atoms with Crippen molar-refractivity contribution in [2.75, 3.05) is 13.2 Å². The summed E-state index contributed by atoms with van der Waals surface area (Å²) >= 11 is 0. The van der Waals surface area contributed by atoms with Crippen molar-refractivity contribution >= 4 is 11.6 Å². The number of hydrogen-bond acceptors (Lipinski definition) is 4. The van der Waals surface area contributed by atoms with Crippen LogP contribution in [0.1, 0.15) is 29.8 Å². The standard InChI is InChI=1S/C13H18N2O4/c1-9-4-5-10(6-11(9)15(18)19)12(17)14-7-13(2,3)8-16/h4-6,16H,7-8H2,1-3H3,(H,14,17). The molecule has 0 aliphatic rings. The first-order valence-electron chi connectivity index (χ1n) is 5.91. The van der Waals surface area contributed by atoms with Crippen LogP contribution >= 0.6 is 0 Å². The summed E-state index contributed by atoms with van der Waals surface area (Å²) in [4.78, 5) is 22.2. The minimum absolute atomic E-state index is 0.0542. The summed E-state index contributed by atoms with van der Waals surface area (Å²) in [5, 5.41) is 22.5. The summed E-state index contributed by atoms with van der Waals surface area (Å²) in [5.41, 5.74) is 0.254. The number of aliphatic hydroxyl groups excluding tert-OH is 1. The average molecular weight is 266 g/mol. The highest BCUT2D eigenvalue weighted by atomic mass is 16.6. The van der Waals surface area contributed by atoms with E-state index < -0.39 is 10.3 Å². The Kier molecular flexibility index (Phi) is 4.61. The number of aryl methyl sites for hydroxylation is 1. The van der Waals surface area contributed by atoms with Gasteiger partial charge in [0.05, 0.1) is 4.92 Å². The summed E-state index contributed by atoms with van der Waals surface area (Å²) in [6.45, 7) is 5.48. The lowest BCUT2D eigenvalue weighted by Gasteiger charge is -2.21. The van der Waals surface area contributed by atoms with Crippen LogP contribution in [0.2, 0.25) is 0 Å². The molecule has 0 bridgehead atoms. The predicted molar refractivity (Wildman–Crippen MR) is 71.0 cm³/mol. The van der Waals surface area contributed by atoms with Crippen LogP contribution in [0.3, 0.4) is 0 Å². The maximum Gasteiger partial charge on any atom is 0.273 e. The molecule has 0 atom stereocenters. The molecule has 104 valence electrons. The van der Waals surface area contributed by atoms with E-state index in [0.29, 0.717) is 12.1 Å². The number of nitrogens with one attached hydrogen (secondary N) is 1. The fourth-order valence-corrected chi connectivity index (χ4v) is 1.42. The van der Waals surface area contributed by atoms with E-state index in [9.17, 15) is 14.9 Å². The zero-order valence-electron chi connectivity index (χ0n) is 11.3. The number of hydrogen-bond donors (Lipinski definition) is 2. The fraction of sp³-hybridized carbons (Fsp3) is 0.462. The van der Waals surface area contributed by atoms with E-state index in [2.05, 4.69) is 5.32 Å². The zero-order valence-corrected chi connectivity index (χ0v) is 11.3. The quantitative estimate of drug-likeness (QED) is 0.626. The van der Waals surface area contributed by atoms with Crippen molar-refractivity contribution in [2.24, 2.45) is 5.41 Å². The van der Waals surface area contributed by atoms with E-state index in [1.165, 1.54) is 6.07 Å². The Balaban J connectivity index is 2.84. The Morgan fingerprint density at radius 2 is 2.11 bits per heavy atom. The number of aliphatic hydroxyl groups is 1. The summed E-state index contributed by atoms with van der Waals surface area (Å²) in [6.07, 6.45) is 0. The number of carbonyl (C=O) groups is 1. The molecule has 19 heavy (non-hydrogen) atoms. The number of carbonyl (C=O) groups excluding carboxylic acids is 1.